The number of guanidine groups is 1. The number of ether oxygens (including phenoxy) is 1. The van der Waals surface area contributed by atoms with Crippen LogP contribution in [0.15, 0.2) is 4.99 Å². The van der Waals surface area contributed by atoms with Crippen molar-refractivity contribution in [3.8, 4) is 0 Å². The van der Waals surface area contributed by atoms with Crippen molar-refractivity contribution < 1.29 is 13.2 Å². The molecule has 7 nitrogen and oxygen atoms in total. The van der Waals surface area contributed by atoms with Crippen molar-refractivity contribution in [2.45, 2.75) is 26.7 Å². The molecular formula is C15H32N4O3S. The molecule has 0 amide bonds. The molecule has 0 bridgehead atoms. The Bertz CT molecular complexity index is 426. The molecule has 1 aliphatic heterocycles. The molecule has 0 aromatic carbocycles. The third-order valence-electron chi connectivity index (χ3n) is 3.67. The van der Waals surface area contributed by atoms with Gasteiger partial charge in [0.2, 0.25) is 0 Å². The quantitative estimate of drug-likeness (QED) is 0.331. The van der Waals surface area contributed by atoms with Gasteiger partial charge in [-0.25, -0.2) is 8.42 Å². The molecule has 2 N–H and O–H groups in total. The molecule has 0 aromatic rings. The largest absolute Gasteiger partial charge is 0.382 e. The minimum Gasteiger partial charge on any atom is -0.382 e. The molecule has 136 valence electrons. The van der Waals surface area contributed by atoms with Gasteiger partial charge >= 0.3 is 0 Å². The third kappa shape index (κ3) is 9.78. The zero-order valence-electron chi connectivity index (χ0n) is 14.5. The van der Waals surface area contributed by atoms with E-state index in [-0.39, 0.29) is 11.5 Å². The predicted molar refractivity (Wildman–Crippen MR) is 94.8 cm³/mol. The molecule has 0 aromatic heterocycles. The molecule has 1 aliphatic rings. The van der Waals surface area contributed by atoms with Crippen molar-refractivity contribution in [3.05, 3.63) is 0 Å². The summed E-state index contributed by atoms with van der Waals surface area (Å²) in [5, 5.41) is 6.54. The summed E-state index contributed by atoms with van der Waals surface area (Å²) in [6, 6.07) is 0. The molecule has 0 atom stereocenters. The fraction of sp³-hybridized carbons (Fsp3) is 0.933. The van der Waals surface area contributed by atoms with Gasteiger partial charge in [0.25, 0.3) is 0 Å². The van der Waals surface area contributed by atoms with Gasteiger partial charge in [-0.1, -0.05) is 0 Å². The number of rotatable bonds is 10. The van der Waals surface area contributed by atoms with Crippen LogP contribution in [0.4, 0.5) is 0 Å². The van der Waals surface area contributed by atoms with Crippen molar-refractivity contribution in [2.24, 2.45) is 4.99 Å². The molecule has 0 radical (unpaired) electrons. The van der Waals surface area contributed by atoms with Crippen LogP contribution >= 0.6 is 0 Å². The van der Waals surface area contributed by atoms with Crippen LogP contribution in [0, 0.1) is 0 Å². The van der Waals surface area contributed by atoms with Crippen molar-refractivity contribution >= 4 is 15.8 Å². The summed E-state index contributed by atoms with van der Waals surface area (Å²) in [5.74, 6) is 1.38. The van der Waals surface area contributed by atoms with E-state index >= 15 is 0 Å². The smallest absolute Gasteiger partial charge is 0.191 e. The van der Waals surface area contributed by atoms with E-state index in [0.29, 0.717) is 13.1 Å². The highest BCUT2D eigenvalue weighted by Crippen LogP contribution is 2.02. The zero-order valence-corrected chi connectivity index (χ0v) is 15.3. The van der Waals surface area contributed by atoms with Crippen LogP contribution in [0.2, 0.25) is 0 Å². The van der Waals surface area contributed by atoms with Gasteiger partial charge < -0.3 is 15.4 Å². The Balaban J connectivity index is 2.19. The number of nitrogens with one attached hydrogen (secondary N) is 2. The lowest BCUT2D eigenvalue weighted by atomic mass is 10.3. The summed E-state index contributed by atoms with van der Waals surface area (Å²) in [7, 11) is -2.80. The van der Waals surface area contributed by atoms with Gasteiger partial charge in [0.1, 0.15) is 0 Å². The number of aliphatic imine (C=N–C) groups is 1. The van der Waals surface area contributed by atoms with Gasteiger partial charge in [0.05, 0.1) is 11.5 Å². The van der Waals surface area contributed by atoms with E-state index in [1.165, 1.54) is 0 Å². The van der Waals surface area contributed by atoms with Crippen LogP contribution < -0.4 is 10.6 Å². The second-order valence-electron chi connectivity index (χ2n) is 5.58. The second kappa shape index (κ2) is 11.6. The molecule has 0 saturated carbocycles. The van der Waals surface area contributed by atoms with Gasteiger partial charge in [-0.15, -0.1) is 0 Å². The molecule has 1 fully saturated rings. The lowest BCUT2D eigenvalue weighted by Gasteiger charge is -2.26. The molecule has 0 unspecified atom stereocenters. The van der Waals surface area contributed by atoms with Crippen LogP contribution in [0.3, 0.4) is 0 Å². The van der Waals surface area contributed by atoms with Crippen LogP contribution in [0.1, 0.15) is 26.7 Å². The molecule has 1 heterocycles. The Morgan fingerprint density at radius 3 is 2.57 bits per heavy atom. The number of nitrogens with zero attached hydrogens (tertiary/aromatic N) is 2. The normalized spacial score (nSPS) is 18.8. The van der Waals surface area contributed by atoms with E-state index in [1.54, 1.807) is 0 Å². The number of hydrogen-bond donors (Lipinski definition) is 2. The fourth-order valence-electron chi connectivity index (χ4n) is 2.30. The van der Waals surface area contributed by atoms with E-state index in [0.717, 1.165) is 58.2 Å². The highest BCUT2D eigenvalue weighted by atomic mass is 32.2. The molecule has 1 saturated heterocycles. The van der Waals surface area contributed by atoms with Crippen molar-refractivity contribution in [3.63, 3.8) is 0 Å². The maximum atomic E-state index is 11.4. The predicted octanol–water partition coefficient (Wildman–Crippen LogP) is 0.0886. The Morgan fingerprint density at radius 1 is 1.17 bits per heavy atom. The first kappa shape index (κ1) is 20.2. The molecule has 23 heavy (non-hydrogen) atoms. The SMILES string of the molecule is CCNC(=NCCCCOCC)NCCN1CCS(=O)(=O)CC1. The van der Waals surface area contributed by atoms with Crippen molar-refractivity contribution in [1.82, 2.24) is 15.5 Å². The molecule has 0 spiro atoms. The number of sulfone groups is 1. The minimum atomic E-state index is -2.80. The second-order valence-corrected chi connectivity index (χ2v) is 7.89. The van der Waals surface area contributed by atoms with E-state index < -0.39 is 9.84 Å². The van der Waals surface area contributed by atoms with Crippen LogP contribution in [-0.4, -0.2) is 83.3 Å². The first-order valence-electron chi connectivity index (χ1n) is 8.60. The Labute approximate surface area is 140 Å². The van der Waals surface area contributed by atoms with E-state index in [1.807, 2.05) is 13.8 Å². The number of hydrogen-bond acceptors (Lipinski definition) is 5. The summed E-state index contributed by atoms with van der Waals surface area (Å²) in [6.07, 6.45) is 2.04. The fourth-order valence-corrected chi connectivity index (χ4v) is 3.58. The van der Waals surface area contributed by atoms with E-state index in [9.17, 15) is 8.42 Å². The Hall–Kier alpha value is -0.860. The van der Waals surface area contributed by atoms with Crippen molar-refractivity contribution in [1.29, 1.82) is 0 Å². The van der Waals surface area contributed by atoms with E-state index in [2.05, 4.69) is 20.5 Å². The van der Waals surface area contributed by atoms with Crippen molar-refractivity contribution in [2.75, 3.05) is 64.0 Å². The zero-order chi connectivity index (χ0) is 17.0. The monoisotopic (exact) mass is 348 g/mol. The molecule has 1 rings (SSSR count). The maximum absolute atomic E-state index is 11.4. The standard InChI is InChI=1S/C15H32N4O3S/c1-3-16-15(17-7-5-6-12-22-4-2)18-8-9-19-10-13-23(20,21)14-11-19/h3-14H2,1-2H3,(H2,16,17,18). The van der Waals surface area contributed by atoms with Gasteiger partial charge in [-0.2, -0.15) is 0 Å². The molecular weight excluding hydrogens is 316 g/mol. The van der Waals surface area contributed by atoms with Gasteiger partial charge in [-0.05, 0) is 26.7 Å². The Kier molecular flexibility index (Phi) is 10.2. The lowest BCUT2D eigenvalue weighted by Crippen LogP contribution is -2.46. The average Bonchev–Trinajstić information content (AvgIpc) is 2.52. The summed E-state index contributed by atoms with van der Waals surface area (Å²) < 4.78 is 28.1. The van der Waals surface area contributed by atoms with Crippen LogP contribution in [0.25, 0.3) is 0 Å². The summed E-state index contributed by atoms with van der Waals surface area (Å²) in [5.41, 5.74) is 0. The minimum absolute atomic E-state index is 0.279. The van der Waals surface area contributed by atoms with Crippen LogP contribution in [-0.2, 0) is 14.6 Å². The maximum Gasteiger partial charge on any atom is 0.191 e. The molecule has 0 aliphatic carbocycles. The number of unbranched alkanes of at least 4 members (excludes halogenated alkanes) is 1. The average molecular weight is 349 g/mol. The third-order valence-corrected chi connectivity index (χ3v) is 5.28. The highest BCUT2D eigenvalue weighted by molar-refractivity contribution is 7.91. The Morgan fingerprint density at radius 2 is 1.91 bits per heavy atom. The first-order chi connectivity index (χ1) is 11.1. The van der Waals surface area contributed by atoms with Gasteiger partial charge in [-0.3, -0.25) is 9.89 Å². The summed E-state index contributed by atoms with van der Waals surface area (Å²) >= 11 is 0. The first-order valence-corrected chi connectivity index (χ1v) is 10.4. The highest BCUT2D eigenvalue weighted by Gasteiger charge is 2.20. The molecule has 8 heteroatoms. The van der Waals surface area contributed by atoms with Crippen LogP contribution in [0.5, 0.6) is 0 Å². The van der Waals surface area contributed by atoms with E-state index in [4.69, 9.17) is 4.74 Å². The topological polar surface area (TPSA) is 83.0 Å². The summed E-state index contributed by atoms with van der Waals surface area (Å²) in [6.45, 7) is 10.1. The van der Waals surface area contributed by atoms with Gasteiger partial charge in [0, 0.05) is 52.5 Å². The summed E-state index contributed by atoms with van der Waals surface area (Å²) in [4.78, 5) is 6.72. The van der Waals surface area contributed by atoms with Gasteiger partial charge in [0.15, 0.2) is 15.8 Å². The lowest BCUT2D eigenvalue weighted by molar-refractivity contribution is 0.144.